The number of aromatic nitrogens is 5. The van der Waals surface area contributed by atoms with Crippen LogP contribution in [0.3, 0.4) is 0 Å². The van der Waals surface area contributed by atoms with Crippen LogP contribution in [0.15, 0.2) is 83.9 Å². The van der Waals surface area contributed by atoms with E-state index < -0.39 is 33.8 Å². The summed E-state index contributed by atoms with van der Waals surface area (Å²) >= 11 is 0. The molecule has 0 amide bonds. The van der Waals surface area contributed by atoms with Crippen molar-refractivity contribution in [1.29, 1.82) is 0 Å². The van der Waals surface area contributed by atoms with E-state index in [-0.39, 0.29) is 4.90 Å². The van der Waals surface area contributed by atoms with E-state index >= 15 is 0 Å². The van der Waals surface area contributed by atoms with Crippen molar-refractivity contribution in [2.75, 3.05) is 7.05 Å². The van der Waals surface area contributed by atoms with Gasteiger partial charge in [0.25, 0.3) is 5.92 Å². The lowest BCUT2D eigenvalue weighted by molar-refractivity contribution is -0.274. The predicted octanol–water partition coefficient (Wildman–Crippen LogP) is 5.92. The fourth-order valence-electron chi connectivity index (χ4n) is 4.43. The molecule has 1 N–H and O–H groups in total. The quantitative estimate of drug-likeness (QED) is 0.217. The van der Waals surface area contributed by atoms with E-state index in [1.165, 1.54) is 60.0 Å². The number of nitrogens with zero attached hydrogens (tertiary/aromatic N) is 5. The van der Waals surface area contributed by atoms with Crippen molar-refractivity contribution in [2.24, 2.45) is 7.05 Å². The number of ether oxygens (including phenoxy) is 1. The summed E-state index contributed by atoms with van der Waals surface area (Å²) in [5.41, 5.74) is 2.55. The minimum Gasteiger partial charge on any atom is -0.406 e. The highest BCUT2D eigenvalue weighted by atomic mass is 32.2. The maximum Gasteiger partial charge on any atom is 0.573 e. The zero-order valence-corrected chi connectivity index (χ0v) is 23.6. The minimum atomic E-state index is -4.86. The summed E-state index contributed by atoms with van der Waals surface area (Å²) in [7, 11) is -0.942. The van der Waals surface area contributed by atoms with Crippen LogP contribution >= 0.6 is 0 Å². The van der Waals surface area contributed by atoms with Crippen molar-refractivity contribution in [3.63, 3.8) is 0 Å². The minimum absolute atomic E-state index is 0.0298. The summed E-state index contributed by atoms with van der Waals surface area (Å²) in [6.45, 7) is 0.733. The number of halogens is 5. The molecule has 0 bridgehead atoms. The molecule has 15 heteroatoms. The second-order valence-electron chi connectivity index (χ2n) is 9.50. The Morgan fingerprint density at radius 1 is 0.860 bits per heavy atom. The van der Waals surface area contributed by atoms with E-state index in [9.17, 15) is 30.4 Å². The maximum absolute atomic E-state index is 14.2. The Labute approximate surface area is 242 Å². The van der Waals surface area contributed by atoms with E-state index in [0.29, 0.717) is 39.3 Å². The van der Waals surface area contributed by atoms with Crippen LogP contribution in [-0.2, 0) is 23.0 Å². The second kappa shape index (κ2) is 10.9. The number of rotatable bonds is 8. The third kappa shape index (κ3) is 6.27. The molecule has 0 unspecified atom stereocenters. The molecule has 2 aromatic heterocycles. The van der Waals surface area contributed by atoms with Crippen LogP contribution in [0.1, 0.15) is 12.6 Å². The van der Waals surface area contributed by atoms with Gasteiger partial charge in [-0.05, 0) is 66.7 Å². The summed E-state index contributed by atoms with van der Waals surface area (Å²) < 4.78 is 100. The molecule has 0 aliphatic rings. The molecule has 43 heavy (non-hydrogen) atoms. The first-order valence-corrected chi connectivity index (χ1v) is 14.0. The first kappa shape index (κ1) is 29.8. The largest absolute Gasteiger partial charge is 0.573 e. The molecule has 224 valence electrons. The zero-order chi connectivity index (χ0) is 31.2. The summed E-state index contributed by atoms with van der Waals surface area (Å²) in [6, 6.07) is 17.5. The van der Waals surface area contributed by atoms with E-state index in [2.05, 4.69) is 24.9 Å². The van der Waals surface area contributed by atoms with Crippen LogP contribution in [0.2, 0.25) is 0 Å². The van der Waals surface area contributed by atoms with Gasteiger partial charge in [0.2, 0.25) is 10.0 Å². The molecule has 0 aliphatic heterocycles. The van der Waals surface area contributed by atoms with Crippen molar-refractivity contribution in [3.8, 4) is 45.1 Å². The molecule has 5 rings (SSSR count). The lowest BCUT2D eigenvalue weighted by atomic mass is 10.00. The SMILES string of the molecule is CNS(=O)(=O)c1cccc(-c2ccc(-c3cc(C(C)(F)F)nn3C)c(-n3nncc3-c3ccc(OC(F)(F)F)cc3)c2)c1. The molecule has 0 aliphatic carbocycles. The smallest absolute Gasteiger partial charge is 0.406 e. The average molecular weight is 619 g/mol. The van der Waals surface area contributed by atoms with Crippen molar-refractivity contribution in [3.05, 3.63) is 84.7 Å². The van der Waals surface area contributed by atoms with Crippen molar-refractivity contribution >= 4 is 10.0 Å². The Kier molecular flexibility index (Phi) is 7.56. The standard InChI is InChI=1S/C28H23F5N6O3S/c1-27(29,30)26-15-23(38(3)36-26)22-12-9-19(18-5-4-6-21(13-18)43(40,41)34-2)14-24(22)39-25(16-35-37-39)17-7-10-20(11-8-17)42-28(31,32)33/h4-16,34H,1-3H3. The first-order chi connectivity index (χ1) is 20.2. The topological polar surface area (TPSA) is 104 Å². The number of sulfonamides is 1. The van der Waals surface area contributed by atoms with Crippen molar-refractivity contribution < 1.29 is 35.1 Å². The van der Waals surface area contributed by atoms with Gasteiger partial charge in [0, 0.05) is 25.1 Å². The van der Waals surface area contributed by atoms with E-state index in [0.717, 1.165) is 19.1 Å². The Morgan fingerprint density at radius 2 is 1.53 bits per heavy atom. The molecule has 0 radical (unpaired) electrons. The highest BCUT2D eigenvalue weighted by Gasteiger charge is 2.31. The van der Waals surface area contributed by atoms with Gasteiger partial charge in [0.15, 0.2) is 0 Å². The van der Waals surface area contributed by atoms with Gasteiger partial charge in [-0.15, -0.1) is 18.3 Å². The zero-order valence-electron chi connectivity index (χ0n) is 22.8. The Morgan fingerprint density at radius 3 is 2.16 bits per heavy atom. The van der Waals surface area contributed by atoms with E-state index in [1.807, 2.05) is 0 Å². The highest BCUT2D eigenvalue weighted by Crippen LogP contribution is 2.37. The molecule has 0 saturated heterocycles. The molecule has 5 aromatic rings. The van der Waals surface area contributed by atoms with Crippen LogP contribution in [0, 0.1) is 0 Å². The van der Waals surface area contributed by atoms with Crippen LogP contribution in [-0.4, -0.2) is 46.6 Å². The molecule has 0 spiro atoms. The van der Waals surface area contributed by atoms with E-state index in [4.69, 9.17) is 0 Å². The third-order valence-corrected chi connectivity index (χ3v) is 7.92. The molecule has 3 aromatic carbocycles. The van der Waals surface area contributed by atoms with Gasteiger partial charge in [-0.1, -0.05) is 29.5 Å². The lowest BCUT2D eigenvalue weighted by Crippen LogP contribution is -2.18. The molecular formula is C28H23F5N6O3S. The Balaban J connectivity index is 1.68. The van der Waals surface area contributed by atoms with Gasteiger partial charge >= 0.3 is 6.36 Å². The first-order valence-electron chi connectivity index (χ1n) is 12.5. The molecule has 0 atom stereocenters. The number of hydrogen-bond acceptors (Lipinski definition) is 6. The molecule has 2 heterocycles. The number of nitrogens with one attached hydrogen (secondary N) is 1. The van der Waals surface area contributed by atoms with Gasteiger partial charge in [-0.25, -0.2) is 17.8 Å². The normalized spacial score (nSPS) is 12.5. The highest BCUT2D eigenvalue weighted by molar-refractivity contribution is 7.89. The molecule has 9 nitrogen and oxygen atoms in total. The number of alkyl halides is 5. The molecule has 0 saturated carbocycles. The van der Waals surface area contributed by atoms with Gasteiger partial charge in [0.05, 0.1) is 28.2 Å². The summed E-state index contributed by atoms with van der Waals surface area (Å²) in [5.74, 6) is -3.63. The summed E-state index contributed by atoms with van der Waals surface area (Å²) in [6.07, 6.45) is -3.47. The number of hydrogen-bond donors (Lipinski definition) is 1. The monoisotopic (exact) mass is 618 g/mol. The maximum atomic E-state index is 14.2. The Hall–Kier alpha value is -4.63. The fraction of sp³-hybridized carbons (Fsp3) is 0.179. The molecule has 0 fully saturated rings. The second-order valence-corrected chi connectivity index (χ2v) is 11.4. The number of aryl methyl sites for hydroxylation is 1. The third-order valence-electron chi connectivity index (χ3n) is 6.51. The van der Waals surface area contributed by atoms with Gasteiger partial charge in [-0.2, -0.15) is 13.9 Å². The van der Waals surface area contributed by atoms with Gasteiger partial charge in [-0.3, -0.25) is 4.68 Å². The predicted molar refractivity (Wildman–Crippen MR) is 147 cm³/mol. The fourth-order valence-corrected chi connectivity index (χ4v) is 5.21. The average Bonchev–Trinajstić information content (AvgIpc) is 3.59. The van der Waals surface area contributed by atoms with Crippen molar-refractivity contribution in [1.82, 2.24) is 29.5 Å². The summed E-state index contributed by atoms with van der Waals surface area (Å²) in [5, 5.41) is 12.2. The molecular weight excluding hydrogens is 595 g/mol. The van der Waals surface area contributed by atoms with E-state index in [1.54, 1.807) is 30.3 Å². The van der Waals surface area contributed by atoms with Crippen molar-refractivity contribution in [2.45, 2.75) is 24.1 Å². The van der Waals surface area contributed by atoms with Gasteiger partial charge in [0.1, 0.15) is 11.4 Å². The lowest BCUT2D eigenvalue weighted by Gasteiger charge is -2.15. The van der Waals surface area contributed by atoms with Crippen LogP contribution in [0.4, 0.5) is 22.0 Å². The Bertz CT molecular complexity index is 1900. The van der Waals surface area contributed by atoms with Crippen LogP contribution in [0.5, 0.6) is 5.75 Å². The van der Waals surface area contributed by atoms with Crippen LogP contribution < -0.4 is 9.46 Å². The van der Waals surface area contributed by atoms with Crippen LogP contribution in [0.25, 0.3) is 39.3 Å². The van der Waals surface area contributed by atoms with Gasteiger partial charge < -0.3 is 4.74 Å². The summed E-state index contributed by atoms with van der Waals surface area (Å²) in [4.78, 5) is 0.0298. The number of benzene rings is 3.